The zero-order valence-electron chi connectivity index (χ0n) is 16.2. The fourth-order valence-electron chi connectivity index (χ4n) is 3.05. The molecule has 146 valence electrons. The predicted molar refractivity (Wildman–Crippen MR) is 103 cm³/mol. The fraction of sp³-hybridized carbons (Fsp3) is 0.632. The summed E-state index contributed by atoms with van der Waals surface area (Å²) in [5, 5.41) is 2.87. The van der Waals surface area contributed by atoms with Gasteiger partial charge in [-0.1, -0.05) is 32.9 Å². The summed E-state index contributed by atoms with van der Waals surface area (Å²) in [5.74, 6) is -0.187. The van der Waals surface area contributed by atoms with E-state index in [9.17, 15) is 13.2 Å². The van der Waals surface area contributed by atoms with Gasteiger partial charge in [0.25, 0.3) is 0 Å². The molecule has 7 heteroatoms. The van der Waals surface area contributed by atoms with Gasteiger partial charge in [0.2, 0.25) is 15.9 Å². The van der Waals surface area contributed by atoms with Crippen molar-refractivity contribution in [3.8, 4) is 0 Å². The van der Waals surface area contributed by atoms with Gasteiger partial charge in [0.1, 0.15) is 0 Å². The van der Waals surface area contributed by atoms with Crippen LogP contribution in [0, 0.1) is 5.92 Å². The Hall–Kier alpha value is -1.44. The smallest absolute Gasteiger partial charge is 0.243 e. The van der Waals surface area contributed by atoms with E-state index < -0.39 is 10.0 Å². The number of benzene rings is 1. The minimum absolute atomic E-state index is 0.0192. The first-order valence-corrected chi connectivity index (χ1v) is 10.6. The highest BCUT2D eigenvalue weighted by atomic mass is 32.2. The summed E-state index contributed by atoms with van der Waals surface area (Å²) >= 11 is 0. The van der Waals surface area contributed by atoms with Crippen LogP contribution in [0.3, 0.4) is 0 Å². The van der Waals surface area contributed by atoms with E-state index in [1.807, 2.05) is 19.1 Å². The summed E-state index contributed by atoms with van der Waals surface area (Å²) < 4.78 is 27.2. The second-order valence-electron chi connectivity index (χ2n) is 8.10. The van der Waals surface area contributed by atoms with Crippen LogP contribution in [-0.2, 0) is 20.2 Å². The summed E-state index contributed by atoms with van der Waals surface area (Å²) in [5.41, 5.74) is 6.61. The van der Waals surface area contributed by atoms with Crippen LogP contribution >= 0.6 is 0 Å². The number of nitrogens with two attached hydrogens (primary N) is 1. The average molecular weight is 382 g/mol. The van der Waals surface area contributed by atoms with Crippen LogP contribution in [0.15, 0.2) is 29.2 Å². The van der Waals surface area contributed by atoms with E-state index in [-0.39, 0.29) is 23.3 Å². The molecule has 0 radical (unpaired) electrons. The first kappa shape index (κ1) is 20.9. The van der Waals surface area contributed by atoms with Crippen molar-refractivity contribution in [2.45, 2.75) is 56.9 Å². The average Bonchev–Trinajstić information content (AvgIpc) is 2.61. The number of rotatable bonds is 5. The Morgan fingerprint density at radius 2 is 1.77 bits per heavy atom. The summed E-state index contributed by atoms with van der Waals surface area (Å²) in [6.45, 7) is 9.26. The Morgan fingerprint density at radius 1 is 1.23 bits per heavy atom. The SMILES string of the molecule is C[C@@H](CN)NC(=O)C1CCN(S(=O)(=O)c2ccc(C(C)(C)C)cc2)CC1. The first-order valence-electron chi connectivity index (χ1n) is 9.17. The van der Waals surface area contributed by atoms with Gasteiger partial charge >= 0.3 is 0 Å². The molecule has 1 amide bonds. The minimum Gasteiger partial charge on any atom is -0.352 e. The zero-order valence-corrected chi connectivity index (χ0v) is 17.0. The topological polar surface area (TPSA) is 92.5 Å². The van der Waals surface area contributed by atoms with E-state index in [0.717, 1.165) is 5.56 Å². The molecule has 26 heavy (non-hydrogen) atoms. The monoisotopic (exact) mass is 381 g/mol. The number of piperidine rings is 1. The molecule has 0 aliphatic carbocycles. The molecule has 0 aromatic heterocycles. The highest BCUT2D eigenvalue weighted by Gasteiger charge is 2.32. The molecule has 0 unspecified atom stereocenters. The molecule has 0 saturated carbocycles. The number of hydrogen-bond donors (Lipinski definition) is 2. The number of carbonyl (C=O) groups is 1. The van der Waals surface area contributed by atoms with Crippen LogP contribution in [0.1, 0.15) is 46.1 Å². The van der Waals surface area contributed by atoms with Crippen molar-refractivity contribution in [2.75, 3.05) is 19.6 Å². The number of amides is 1. The maximum absolute atomic E-state index is 12.9. The fourth-order valence-corrected chi connectivity index (χ4v) is 4.52. The Kier molecular flexibility index (Phi) is 6.47. The van der Waals surface area contributed by atoms with Crippen LogP contribution < -0.4 is 11.1 Å². The van der Waals surface area contributed by atoms with Gasteiger partial charge in [-0.25, -0.2) is 8.42 Å². The number of hydrogen-bond acceptors (Lipinski definition) is 4. The number of carbonyl (C=O) groups excluding carboxylic acids is 1. The van der Waals surface area contributed by atoms with Gasteiger partial charge < -0.3 is 11.1 Å². The van der Waals surface area contributed by atoms with E-state index in [1.54, 1.807) is 12.1 Å². The van der Waals surface area contributed by atoms with E-state index in [4.69, 9.17) is 5.73 Å². The lowest BCUT2D eigenvalue weighted by molar-refractivity contribution is -0.126. The quantitative estimate of drug-likeness (QED) is 0.814. The van der Waals surface area contributed by atoms with Crippen molar-refractivity contribution < 1.29 is 13.2 Å². The lowest BCUT2D eigenvalue weighted by atomic mass is 9.87. The van der Waals surface area contributed by atoms with Gasteiger partial charge in [-0.3, -0.25) is 4.79 Å². The number of nitrogens with one attached hydrogen (secondary N) is 1. The summed E-state index contributed by atoms with van der Waals surface area (Å²) in [7, 11) is -3.52. The molecule has 1 aromatic carbocycles. The van der Waals surface area contributed by atoms with Crippen molar-refractivity contribution in [2.24, 2.45) is 11.7 Å². The molecule has 1 heterocycles. The van der Waals surface area contributed by atoms with Crippen molar-refractivity contribution in [3.05, 3.63) is 29.8 Å². The van der Waals surface area contributed by atoms with E-state index in [1.165, 1.54) is 4.31 Å². The number of nitrogens with zero attached hydrogens (tertiary/aromatic N) is 1. The Balaban J connectivity index is 2.02. The zero-order chi connectivity index (χ0) is 19.5. The Bertz CT molecular complexity index is 715. The minimum atomic E-state index is -3.52. The highest BCUT2D eigenvalue weighted by molar-refractivity contribution is 7.89. The Morgan fingerprint density at radius 3 is 2.23 bits per heavy atom. The molecule has 2 rings (SSSR count). The van der Waals surface area contributed by atoms with Gasteiger partial charge in [0.05, 0.1) is 4.90 Å². The molecule has 1 saturated heterocycles. The molecule has 1 atom stereocenters. The summed E-state index contributed by atoms with van der Waals surface area (Å²) in [6, 6.07) is 7.04. The molecule has 3 N–H and O–H groups in total. The second kappa shape index (κ2) is 8.06. The number of sulfonamides is 1. The predicted octanol–water partition coefficient (Wildman–Crippen LogP) is 1.85. The van der Waals surface area contributed by atoms with Gasteiger partial charge in [-0.15, -0.1) is 0 Å². The molecular formula is C19H31N3O3S. The first-order chi connectivity index (χ1) is 12.1. The van der Waals surface area contributed by atoms with E-state index >= 15 is 0 Å². The molecule has 1 fully saturated rings. The maximum atomic E-state index is 12.9. The van der Waals surface area contributed by atoms with Crippen molar-refractivity contribution in [1.82, 2.24) is 9.62 Å². The third kappa shape index (κ3) is 4.84. The van der Waals surface area contributed by atoms with E-state index in [2.05, 4.69) is 26.1 Å². The highest BCUT2D eigenvalue weighted by Crippen LogP contribution is 2.27. The molecule has 6 nitrogen and oxygen atoms in total. The summed E-state index contributed by atoms with van der Waals surface area (Å²) in [4.78, 5) is 12.5. The lowest BCUT2D eigenvalue weighted by Gasteiger charge is -2.31. The maximum Gasteiger partial charge on any atom is 0.243 e. The van der Waals surface area contributed by atoms with Crippen molar-refractivity contribution >= 4 is 15.9 Å². The van der Waals surface area contributed by atoms with Gasteiger partial charge in [-0.05, 0) is 42.9 Å². The van der Waals surface area contributed by atoms with E-state index in [0.29, 0.717) is 37.4 Å². The van der Waals surface area contributed by atoms with Gasteiger partial charge in [0.15, 0.2) is 0 Å². The van der Waals surface area contributed by atoms with Crippen LogP contribution in [0.4, 0.5) is 0 Å². The molecule has 1 aliphatic rings. The van der Waals surface area contributed by atoms with Crippen LogP contribution in [0.2, 0.25) is 0 Å². The third-order valence-electron chi connectivity index (χ3n) is 4.93. The van der Waals surface area contributed by atoms with Crippen molar-refractivity contribution in [3.63, 3.8) is 0 Å². The van der Waals surface area contributed by atoms with Crippen LogP contribution in [-0.4, -0.2) is 44.3 Å². The molecule has 1 aliphatic heterocycles. The van der Waals surface area contributed by atoms with Gasteiger partial charge in [0, 0.05) is 31.6 Å². The Labute approximate surface area is 157 Å². The molecule has 0 bridgehead atoms. The lowest BCUT2D eigenvalue weighted by Crippen LogP contribution is -2.46. The normalized spacial score (nSPS) is 18.5. The molecule has 1 aromatic rings. The van der Waals surface area contributed by atoms with Crippen LogP contribution in [0.25, 0.3) is 0 Å². The van der Waals surface area contributed by atoms with Gasteiger partial charge in [-0.2, -0.15) is 4.31 Å². The van der Waals surface area contributed by atoms with Crippen LogP contribution in [0.5, 0.6) is 0 Å². The standard InChI is InChI=1S/C19H31N3O3S/c1-14(13-20)21-18(23)15-9-11-22(12-10-15)26(24,25)17-7-5-16(6-8-17)19(2,3)4/h5-8,14-15H,9-13,20H2,1-4H3,(H,21,23)/t14-/m0/s1. The van der Waals surface area contributed by atoms with Crippen molar-refractivity contribution in [1.29, 1.82) is 0 Å². The third-order valence-corrected chi connectivity index (χ3v) is 6.84. The largest absolute Gasteiger partial charge is 0.352 e. The molecular weight excluding hydrogens is 350 g/mol. The molecule has 0 spiro atoms. The summed E-state index contributed by atoms with van der Waals surface area (Å²) in [6.07, 6.45) is 1.06. The second-order valence-corrected chi connectivity index (χ2v) is 10.0.